The second-order valence-corrected chi connectivity index (χ2v) is 9.69. The van der Waals surface area contributed by atoms with Crippen LogP contribution >= 0.6 is 10.2 Å². The Morgan fingerprint density at radius 3 is 2.16 bits per heavy atom. The van der Waals surface area contributed by atoms with Crippen LogP contribution in [0.3, 0.4) is 0 Å². The van der Waals surface area contributed by atoms with Gasteiger partial charge in [0.15, 0.2) is 11.6 Å². The number of nitrogens with zero attached hydrogens (tertiary/aromatic N) is 3. The number of H-pyrrole nitrogens is 1. The Bertz CT molecular complexity index is 1200. The van der Waals surface area contributed by atoms with Crippen molar-refractivity contribution in [2.75, 3.05) is 0 Å². The van der Waals surface area contributed by atoms with Crippen molar-refractivity contribution in [2.24, 2.45) is 5.92 Å². The minimum absolute atomic E-state index is 0.0513. The SMILES string of the molecule is CC(C)C(NC(=O)c1cc(=O)[nH]c(-c2ncccn2)n1)c1ccc(S(F)(F)(F)(F)F)cc1. The lowest BCUT2D eigenvalue weighted by Crippen LogP contribution is -2.33. The molecule has 0 radical (unpaired) electrons. The van der Waals surface area contributed by atoms with E-state index in [-0.39, 0.29) is 41.0 Å². The molecule has 0 aliphatic heterocycles. The number of nitrogens with one attached hydrogen (secondary N) is 2. The number of hydrogen-bond acceptors (Lipinski definition) is 5. The zero-order valence-electron chi connectivity index (χ0n) is 16.7. The van der Waals surface area contributed by atoms with Crippen LogP contribution in [0.15, 0.2) is 58.5 Å². The Morgan fingerprint density at radius 1 is 1.03 bits per heavy atom. The Balaban J connectivity index is 1.90. The highest BCUT2D eigenvalue weighted by molar-refractivity contribution is 8.45. The summed E-state index contributed by atoms with van der Waals surface area (Å²) in [4.78, 5) is 37.0. The van der Waals surface area contributed by atoms with E-state index in [1.54, 1.807) is 19.9 Å². The zero-order chi connectivity index (χ0) is 23.8. The summed E-state index contributed by atoms with van der Waals surface area (Å²) in [5, 5.41) is 2.58. The minimum atomic E-state index is -9.81. The molecular formula is C19H18F5N5O2S. The largest absolute Gasteiger partial charge is 0.344 e. The molecule has 1 atom stereocenters. The molecule has 0 saturated heterocycles. The normalized spacial score (nSPS) is 15.0. The lowest BCUT2D eigenvalue weighted by molar-refractivity contribution is 0.0920. The molecule has 3 rings (SSSR count). The molecule has 1 aromatic carbocycles. The molecule has 1 unspecified atom stereocenters. The van der Waals surface area contributed by atoms with Crippen LogP contribution in [0.2, 0.25) is 0 Å². The van der Waals surface area contributed by atoms with Crippen LogP contribution in [0, 0.1) is 5.92 Å². The third-order valence-corrected chi connectivity index (χ3v) is 5.55. The molecule has 2 aromatic heterocycles. The number of carbonyl (C=O) groups is 1. The van der Waals surface area contributed by atoms with E-state index in [4.69, 9.17) is 0 Å². The highest BCUT2D eigenvalue weighted by Gasteiger charge is 2.65. The van der Waals surface area contributed by atoms with Crippen molar-refractivity contribution in [3.63, 3.8) is 0 Å². The van der Waals surface area contributed by atoms with Crippen LogP contribution in [-0.4, -0.2) is 25.8 Å². The maximum Gasteiger partial charge on any atom is 0.310 e. The number of hydrogen-bond donors (Lipinski definition) is 2. The van der Waals surface area contributed by atoms with E-state index in [9.17, 15) is 29.0 Å². The molecular weight excluding hydrogens is 457 g/mol. The van der Waals surface area contributed by atoms with Gasteiger partial charge in [-0.2, -0.15) is 0 Å². The quantitative estimate of drug-likeness (QED) is 0.488. The topological polar surface area (TPSA) is 101 Å². The van der Waals surface area contributed by atoms with E-state index in [1.165, 1.54) is 12.4 Å². The van der Waals surface area contributed by atoms with Crippen molar-refractivity contribution < 1.29 is 24.2 Å². The van der Waals surface area contributed by atoms with Gasteiger partial charge >= 0.3 is 10.2 Å². The predicted molar refractivity (Wildman–Crippen MR) is 109 cm³/mol. The van der Waals surface area contributed by atoms with Gasteiger partial charge in [-0.15, -0.1) is 0 Å². The Kier molecular flexibility index (Phi) is 5.36. The smallest absolute Gasteiger partial charge is 0.310 e. The van der Waals surface area contributed by atoms with Gasteiger partial charge in [0.25, 0.3) is 11.5 Å². The molecule has 172 valence electrons. The fraction of sp³-hybridized carbons (Fsp3) is 0.211. The second-order valence-electron chi connectivity index (χ2n) is 7.28. The van der Waals surface area contributed by atoms with Crippen molar-refractivity contribution in [3.05, 3.63) is 70.4 Å². The second kappa shape index (κ2) is 7.36. The first-order valence-corrected chi connectivity index (χ1v) is 11.1. The summed E-state index contributed by atoms with van der Waals surface area (Å²) in [5.41, 5.74) is -0.741. The summed E-state index contributed by atoms with van der Waals surface area (Å²) in [6.07, 6.45) is 2.83. The lowest BCUT2D eigenvalue weighted by atomic mass is 9.96. The monoisotopic (exact) mass is 475 g/mol. The fourth-order valence-corrected chi connectivity index (χ4v) is 3.53. The third kappa shape index (κ3) is 5.46. The predicted octanol–water partition coefficient (Wildman–Crippen LogP) is 5.01. The van der Waals surface area contributed by atoms with Crippen LogP contribution in [0.5, 0.6) is 0 Å². The number of rotatable bonds is 6. The highest BCUT2D eigenvalue weighted by atomic mass is 32.5. The van der Waals surface area contributed by atoms with E-state index in [1.807, 2.05) is 0 Å². The first kappa shape index (κ1) is 23.3. The van der Waals surface area contributed by atoms with Crippen LogP contribution in [-0.2, 0) is 0 Å². The van der Waals surface area contributed by atoms with E-state index < -0.39 is 32.6 Å². The van der Waals surface area contributed by atoms with Crippen molar-refractivity contribution in [1.29, 1.82) is 0 Å². The first-order valence-electron chi connectivity index (χ1n) is 9.18. The molecule has 3 aromatic rings. The van der Waals surface area contributed by atoms with Gasteiger partial charge in [0, 0.05) is 18.5 Å². The maximum atomic E-state index is 13.0. The van der Waals surface area contributed by atoms with Crippen molar-refractivity contribution in [2.45, 2.75) is 24.8 Å². The number of amides is 1. The summed E-state index contributed by atoms with van der Waals surface area (Å²) in [5.74, 6) is -1.09. The first-order chi connectivity index (χ1) is 14.6. The minimum Gasteiger partial charge on any atom is -0.344 e. The average Bonchev–Trinajstić information content (AvgIpc) is 2.70. The molecule has 0 fully saturated rings. The summed E-state index contributed by atoms with van der Waals surface area (Å²) in [6, 6.07) is 3.99. The Morgan fingerprint density at radius 2 is 1.62 bits per heavy atom. The molecule has 0 aliphatic rings. The summed E-state index contributed by atoms with van der Waals surface area (Å²) in [6.45, 7) is 3.36. The van der Waals surface area contributed by atoms with Crippen LogP contribution in [0.25, 0.3) is 11.6 Å². The van der Waals surface area contributed by atoms with Crippen molar-refractivity contribution in [1.82, 2.24) is 25.3 Å². The standard InChI is InChI=1S/C19H18F5N5O2S/c1-11(2)16(12-4-6-13(7-5-12)32(20,21,22,23)24)29-19(31)14-10-15(30)28-18(27-14)17-25-8-3-9-26-17/h3-11,16H,1-2H3,(H,29,31)(H,27,28,30). The van der Waals surface area contributed by atoms with E-state index in [0.29, 0.717) is 0 Å². The number of halogens is 5. The summed E-state index contributed by atoms with van der Waals surface area (Å²) >= 11 is 0. The molecule has 7 nitrogen and oxygen atoms in total. The fourth-order valence-electron chi connectivity index (χ4n) is 2.88. The number of carbonyl (C=O) groups excluding carboxylic acids is 1. The van der Waals surface area contributed by atoms with E-state index in [2.05, 4.69) is 25.3 Å². The lowest BCUT2D eigenvalue weighted by Gasteiger charge is -2.40. The van der Waals surface area contributed by atoms with Gasteiger partial charge in [-0.3, -0.25) is 9.59 Å². The Hall–Kier alpha value is -3.35. The van der Waals surface area contributed by atoms with Crippen LogP contribution in [0.4, 0.5) is 19.4 Å². The van der Waals surface area contributed by atoms with Gasteiger partial charge in [0.05, 0.1) is 6.04 Å². The van der Waals surface area contributed by atoms with Gasteiger partial charge in [-0.05, 0) is 29.7 Å². The van der Waals surface area contributed by atoms with E-state index >= 15 is 0 Å². The van der Waals surface area contributed by atoms with Gasteiger partial charge in [0.1, 0.15) is 10.6 Å². The molecule has 0 bridgehead atoms. The maximum absolute atomic E-state index is 13.0. The van der Waals surface area contributed by atoms with Gasteiger partial charge in [-0.1, -0.05) is 45.4 Å². The molecule has 32 heavy (non-hydrogen) atoms. The van der Waals surface area contributed by atoms with Gasteiger partial charge < -0.3 is 10.3 Å². The average molecular weight is 475 g/mol. The summed E-state index contributed by atoms with van der Waals surface area (Å²) < 4.78 is 64.8. The van der Waals surface area contributed by atoms with Gasteiger partial charge in [-0.25, -0.2) is 15.0 Å². The number of benzene rings is 1. The third-order valence-electron chi connectivity index (χ3n) is 4.39. The highest BCUT2D eigenvalue weighted by Crippen LogP contribution is 3.02. The molecule has 2 heterocycles. The van der Waals surface area contributed by atoms with Crippen LogP contribution in [0.1, 0.15) is 35.9 Å². The number of aromatic amines is 1. The molecule has 0 spiro atoms. The molecule has 13 heteroatoms. The van der Waals surface area contributed by atoms with E-state index in [0.717, 1.165) is 18.2 Å². The van der Waals surface area contributed by atoms with Gasteiger partial charge in [0.2, 0.25) is 0 Å². The number of aromatic nitrogens is 4. The zero-order valence-corrected chi connectivity index (χ0v) is 17.5. The molecule has 1 amide bonds. The summed E-state index contributed by atoms with van der Waals surface area (Å²) in [7, 11) is -9.81. The Labute approximate surface area is 178 Å². The molecule has 0 saturated carbocycles. The molecule has 0 aliphatic carbocycles. The van der Waals surface area contributed by atoms with Crippen molar-refractivity contribution in [3.8, 4) is 11.6 Å². The van der Waals surface area contributed by atoms with Crippen molar-refractivity contribution >= 4 is 16.1 Å². The van der Waals surface area contributed by atoms with Crippen LogP contribution < -0.4 is 10.9 Å². The molecule has 2 N–H and O–H groups in total.